The summed E-state index contributed by atoms with van der Waals surface area (Å²) < 4.78 is 0. The standard InChI is InChI=1S/C10H8.GeH4.Na.H/c1-2-6-10-8-4-3-7-9(10)5-1;;;/h1-8H;1H4;;/q;;+1;-1. The summed E-state index contributed by atoms with van der Waals surface area (Å²) in [5.74, 6) is 0. The van der Waals surface area contributed by atoms with Gasteiger partial charge in [0.1, 0.15) is 0 Å². The van der Waals surface area contributed by atoms with Crippen LogP contribution in [0.15, 0.2) is 48.5 Å². The summed E-state index contributed by atoms with van der Waals surface area (Å²) in [6.45, 7) is 0. The third kappa shape index (κ3) is 2.63. The minimum Gasteiger partial charge on any atom is -1.00 e. The van der Waals surface area contributed by atoms with Crippen molar-refractivity contribution in [2.75, 3.05) is 0 Å². The van der Waals surface area contributed by atoms with E-state index in [4.69, 9.17) is 0 Å². The first-order chi connectivity index (χ1) is 4.97. The van der Waals surface area contributed by atoms with E-state index in [1.165, 1.54) is 10.8 Å². The molecule has 0 saturated heterocycles. The Morgan fingerprint density at radius 2 is 0.917 bits per heavy atom. The van der Waals surface area contributed by atoms with E-state index >= 15 is 0 Å². The van der Waals surface area contributed by atoms with Crippen molar-refractivity contribution in [2.24, 2.45) is 0 Å². The van der Waals surface area contributed by atoms with E-state index in [1.807, 2.05) is 0 Å². The molecule has 0 nitrogen and oxygen atoms in total. The SMILES string of the molecule is [GeH4].[H-].[Na+].c1ccc2ccccc2c1. The molecule has 0 spiro atoms. The van der Waals surface area contributed by atoms with E-state index in [0.717, 1.165) is 0 Å². The molecule has 0 unspecified atom stereocenters. The van der Waals surface area contributed by atoms with Gasteiger partial charge in [0, 0.05) is 0 Å². The summed E-state index contributed by atoms with van der Waals surface area (Å²) in [6, 6.07) is 16.7. The van der Waals surface area contributed by atoms with Crippen LogP contribution in [0.3, 0.4) is 0 Å². The van der Waals surface area contributed by atoms with Crippen LogP contribution >= 0.6 is 0 Å². The maximum atomic E-state index is 2.12. The molecule has 0 amide bonds. The van der Waals surface area contributed by atoms with Gasteiger partial charge >= 0.3 is 47.2 Å². The Morgan fingerprint density at radius 3 is 1.17 bits per heavy atom. The monoisotopic (exact) mass is 230 g/mol. The second-order valence-corrected chi connectivity index (χ2v) is 2.35. The fourth-order valence-corrected chi connectivity index (χ4v) is 1.13. The maximum Gasteiger partial charge on any atom is 1.00 e. The fraction of sp³-hybridized carbons (Fsp3) is 0. The van der Waals surface area contributed by atoms with E-state index in [0.29, 0.717) is 0 Å². The molecular weight excluding hydrogens is 216 g/mol. The second kappa shape index (κ2) is 5.81. The summed E-state index contributed by atoms with van der Waals surface area (Å²) in [5.41, 5.74) is 0. The molecule has 2 aromatic rings. The van der Waals surface area contributed by atoms with Crippen LogP contribution in [0.5, 0.6) is 0 Å². The van der Waals surface area contributed by atoms with Crippen LogP contribution in [-0.4, -0.2) is 17.6 Å². The minimum atomic E-state index is 0. The molecule has 0 radical (unpaired) electrons. The first kappa shape index (κ1) is 12.2. The number of rotatable bonds is 0. The first-order valence-corrected chi connectivity index (χ1v) is 3.40. The molecule has 0 aliphatic rings. The third-order valence-corrected chi connectivity index (χ3v) is 1.66. The van der Waals surface area contributed by atoms with Gasteiger partial charge in [-0.3, -0.25) is 0 Å². The Balaban J connectivity index is 0. The smallest absolute Gasteiger partial charge is 1.00 e. The number of hydrogen-bond acceptors (Lipinski definition) is 0. The van der Waals surface area contributed by atoms with Crippen molar-refractivity contribution in [3.8, 4) is 0 Å². The summed E-state index contributed by atoms with van der Waals surface area (Å²) in [4.78, 5) is 0. The van der Waals surface area contributed by atoms with E-state index in [9.17, 15) is 0 Å². The van der Waals surface area contributed by atoms with Crippen LogP contribution in [0.4, 0.5) is 0 Å². The molecule has 0 fully saturated rings. The molecule has 2 aromatic carbocycles. The van der Waals surface area contributed by atoms with Crippen LogP contribution in [0, 0.1) is 0 Å². The van der Waals surface area contributed by atoms with E-state index in [2.05, 4.69) is 48.5 Å². The van der Waals surface area contributed by atoms with Gasteiger partial charge in [0.2, 0.25) is 0 Å². The number of benzene rings is 2. The second-order valence-electron chi connectivity index (χ2n) is 2.35. The molecule has 0 aliphatic carbocycles. The predicted molar refractivity (Wildman–Crippen MR) is 56.4 cm³/mol. The molecular formula is C10H13GeNa. The Kier molecular flexibility index (Phi) is 5.93. The van der Waals surface area contributed by atoms with E-state index < -0.39 is 0 Å². The zero-order valence-corrected chi connectivity index (χ0v) is 8.62. The van der Waals surface area contributed by atoms with Gasteiger partial charge in [-0.1, -0.05) is 48.5 Å². The fourth-order valence-electron chi connectivity index (χ4n) is 1.13. The van der Waals surface area contributed by atoms with Gasteiger partial charge in [0.05, 0.1) is 0 Å². The van der Waals surface area contributed by atoms with Crippen molar-refractivity contribution < 1.29 is 31.0 Å². The van der Waals surface area contributed by atoms with Gasteiger partial charge in [-0.2, -0.15) is 0 Å². The molecule has 0 bridgehead atoms. The molecule has 0 aliphatic heterocycles. The summed E-state index contributed by atoms with van der Waals surface area (Å²) in [5, 5.41) is 2.62. The van der Waals surface area contributed by atoms with Gasteiger partial charge in [-0.25, -0.2) is 0 Å². The van der Waals surface area contributed by atoms with E-state index in [1.54, 1.807) is 0 Å². The predicted octanol–water partition coefficient (Wildman–Crippen LogP) is -1.50. The van der Waals surface area contributed by atoms with Crippen molar-refractivity contribution in [1.29, 1.82) is 0 Å². The number of hydrogen-bond donors (Lipinski definition) is 0. The van der Waals surface area contributed by atoms with Crippen LogP contribution < -0.4 is 29.6 Å². The molecule has 0 aromatic heterocycles. The van der Waals surface area contributed by atoms with Crippen molar-refractivity contribution in [2.45, 2.75) is 0 Å². The van der Waals surface area contributed by atoms with Gasteiger partial charge in [0.15, 0.2) is 0 Å². The molecule has 0 atom stereocenters. The van der Waals surface area contributed by atoms with Crippen molar-refractivity contribution in [1.82, 2.24) is 0 Å². The van der Waals surface area contributed by atoms with E-state index in [-0.39, 0.29) is 48.6 Å². The Morgan fingerprint density at radius 1 is 0.667 bits per heavy atom. The average molecular weight is 229 g/mol. The van der Waals surface area contributed by atoms with Crippen molar-refractivity contribution >= 4 is 28.4 Å². The molecule has 2 rings (SSSR count). The number of fused-ring (bicyclic) bond motifs is 1. The maximum absolute atomic E-state index is 2.12. The average Bonchev–Trinajstić information content (AvgIpc) is 2.05. The first-order valence-electron chi connectivity index (χ1n) is 3.40. The molecule has 0 heterocycles. The Bertz CT molecular complexity index is 286. The van der Waals surface area contributed by atoms with Crippen LogP contribution in [0.25, 0.3) is 10.8 Å². The normalized spacial score (nSPS) is 8.33. The van der Waals surface area contributed by atoms with Gasteiger partial charge in [-0.15, -0.1) is 0 Å². The van der Waals surface area contributed by atoms with Crippen LogP contribution in [-0.2, 0) is 0 Å². The Hall–Kier alpha value is 0.243. The van der Waals surface area contributed by atoms with Crippen molar-refractivity contribution in [3.63, 3.8) is 0 Å². The van der Waals surface area contributed by atoms with Crippen LogP contribution in [0.2, 0.25) is 0 Å². The minimum absolute atomic E-state index is 0. The van der Waals surface area contributed by atoms with Gasteiger partial charge in [0.25, 0.3) is 0 Å². The van der Waals surface area contributed by atoms with Crippen molar-refractivity contribution in [3.05, 3.63) is 48.5 Å². The third-order valence-electron chi connectivity index (χ3n) is 1.66. The molecule has 0 saturated carbocycles. The summed E-state index contributed by atoms with van der Waals surface area (Å²) in [6.07, 6.45) is 0. The van der Waals surface area contributed by atoms with Crippen LogP contribution in [0.1, 0.15) is 1.43 Å². The molecule has 58 valence electrons. The summed E-state index contributed by atoms with van der Waals surface area (Å²) >= 11 is 0. The van der Waals surface area contributed by atoms with Gasteiger partial charge < -0.3 is 1.43 Å². The van der Waals surface area contributed by atoms with Gasteiger partial charge in [-0.05, 0) is 10.8 Å². The molecule has 12 heavy (non-hydrogen) atoms. The molecule has 0 N–H and O–H groups in total. The summed E-state index contributed by atoms with van der Waals surface area (Å²) in [7, 11) is 0. The topological polar surface area (TPSA) is 0 Å². The Labute approximate surface area is 107 Å². The zero-order valence-electron chi connectivity index (χ0n) is 7.62. The zero-order chi connectivity index (χ0) is 6.81. The quantitative estimate of drug-likeness (QED) is 0.482. The molecule has 2 heteroatoms. The largest absolute Gasteiger partial charge is 1.00 e.